The molecule has 0 bridgehead atoms. The summed E-state index contributed by atoms with van der Waals surface area (Å²) in [6, 6.07) is 5.17. The summed E-state index contributed by atoms with van der Waals surface area (Å²) in [5, 5.41) is 0. The zero-order valence-corrected chi connectivity index (χ0v) is 15.1. The second-order valence-electron chi connectivity index (χ2n) is 6.67. The van der Waals surface area contributed by atoms with Crippen LogP contribution < -0.4 is 0 Å². The maximum atomic E-state index is 12.7. The van der Waals surface area contributed by atoms with Crippen LogP contribution in [0.25, 0.3) is 0 Å². The Balaban J connectivity index is 2.12. The van der Waals surface area contributed by atoms with Gasteiger partial charge in [-0.2, -0.15) is 0 Å². The van der Waals surface area contributed by atoms with Gasteiger partial charge in [0.25, 0.3) is 11.8 Å². The van der Waals surface area contributed by atoms with Crippen molar-refractivity contribution in [1.82, 2.24) is 14.8 Å². The Labute approximate surface area is 145 Å². The molecule has 0 spiro atoms. The van der Waals surface area contributed by atoms with Gasteiger partial charge in [-0.15, -0.1) is 0 Å². The molecule has 0 aromatic carbocycles. The number of likely N-dealkylation sites (tertiary alicyclic amines) is 1. The SMILES string of the molecule is CCCN(CCC)C(=O)c1cccc(C(=O)N2CCC(C)CC2)n1. The lowest BCUT2D eigenvalue weighted by atomic mass is 9.99. The van der Waals surface area contributed by atoms with Gasteiger partial charge >= 0.3 is 0 Å². The number of hydrogen-bond acceptors (Lipinski definition) is 3. The number of rotatable bonds is 6. The molecule has 1 aromatic heterocycles. The zero-order chi connectivity index (χ0) is 17.5. The van der Waals surface area contributed by atoms with Crippen molar-refractivity contribution in [2.24, 2.45) is 5.92 Å². The van der Waals surface area contributed by atoms with E-state index in [2.05, 4.69) is 25.8 Å². The molecular weight excluding hydrogens is 302 g/mol. The first kappa shape index (κ1) is 18.4. The predicted molar refractivity (Wildman–Crippen MR) is 95.0 cm³/mol. The summed E-state index contributed by atoms with van der Waals surface area (Å²) in [6.07, 6.45) is 3.89. The largest absolute Gasteiger partial charge is 0.337 e. The normalized spacial score (nSPS) is 15.4. The molecule has 2 heterocycles. The molecule has 2 rings (SSSR count). The van der Waals surface area contributed by atoms with Gasteiger partial charge in [-0.3, -0.25) is 9.59 Å². The van der Waals surface area contributed by atoms with Crippen molar-refractivity contribution < 1.29 is 9.59 Å². The minimum absolute atomic E-state index is 0.0610. The monoisotopic (exact) mass is 331 g/mol. The van der Waals surface area contributed by atoms with Crippen molar-refractivity contribution >= 4 is 11.8 Å². The van der Waals surface area contributed by atoms with E-state index in [1.807, 2.05) is 9.80 Å². The fourth-order valence-corrected chi connectivity index (χ4v) is 3.06. The van der Waals surface area contributed by atoms with Crippen molar-refractivity contribution in [3.8, 4) is 0 Å². The molecule has 0 atom stereocenters. The molecule has 0 unspecified atom stereocenters. The van der Waals surface area contributed by atoms with Crippen LogP contribution in [0.4, 0.5) is 0 Å². The van der Waals surface area contributed by atoms with Crippen LogP contribution >= 0.6 is 0 Å². The lowest BCUT2D eigenvalue weighted by molar-refractivity contribution is 0.0690. The van der Waals surface area contributed by atoms with Crippen LogP contribution in [0.5, 0.6) is 0 Å². The third kappa shape index (κ3) is 4.56. The Hall–Kier alpha value is -1.91. The average Bonchev–Trinajstić information content (AvgIpc) is 2.61. The summed E-state index contributed by atoms with van der Waals surface area (Å²) in [6.45, 7) is 9.32. The van der Waals surface area contributed by atoms with Crippen molar-refractivity contribution in [2.75, 3.05) is 26.2 Å². The van der Waals surface area contributed by atoms with Gasteiger partial charge in [0.1, 0.15) is 11.4 Å². The third-order valence-corrected chi connectivity index (χ3v) is 4.53. The van der Waals surface area contributed by atoms with E-state index in [4.69, 9.17) is 0 Å². The highest BCUT2D eigenvalue weighted by atomic mass is 16.2. The summed E-state index contributed by atoms with van der Waals surface area (Å²) >= 11 is 0. The summed E-state index contributed by atoms with van der Waals surface area (Å²) in [7, 11) is 0. The zero-order valence-electron chi connectivity index (χ0n) is 15.1. The van der Waals surface area contributed by atoms with Crippen LogP contribution in [0.2, 0.25) is 0 Å². The fraction of sp³-hybridized carbons (Fsp3) is 0.632. The molecule has 1 aliphatic heterocycles. The summed E-state index contributed by atoms with van der Waals surface area (Å²) < 4.78 is 0. The molecule has 132 valence electrons. The van der Waals surface area contributed by atoms with E-state index in [9.17, 15) is 9.59 Å². The van der Waals surface area contributed by atoms with Gasteiger partial charge < -0.3 is 9.80 Å². The maximum absolute atomic E-state index is 12.7. The Morgan fingerprint density at radius 2 is 1.71 bits per heavy atom. The quantitative estimate of drug-likeness (QED) is 0.804. The molecule has 1 aromatic rings. The lowest BCUT2D eigenvalue weighted by Gasteiger charge is -2.30. The first-order valence-corrected chi connectivity index (χ1v) is 9.12. The Morgan fingerprint density at radius 1 is 1.12 bits per heavy atom. The highest BCUT2D eigenvalue weighted by Gasteiger charge is 2.23. The number of amides is 2. The number of carbonyl (C=O) groups excluding carboxylic acids is 2. The molecule has 0 saturated carbocycles. The number of hydrogen-bond donors (Lipinski definition) is 0. The number of nitrogens with zero attached hydrogens (tertiary/aromatic N) is 3. The van der Waals surface area contributed by atoms with Crippen LogP contribution in [-0.2, 0) is 0 Å². The summed E-state index contributed by atoms with van der Waals surface area (Å²) in [4.78, 5) is 33.3. The molecule has 0 aliphatic carbocycles. The third-order valence-electron chi connectivity index (χ3n) is 4.53. The predicted octanol–water partition coefficient (Wildman–Crippen LogP) is 3.22. The molecule has 1 fully saturated rings. The van der Waals surface area contributed by atoms with E-state index in [1.165, 1.54) is 0 Å². The Bertz CT molecular complexity index is 559. The smallest absolute Gasteiger partial charge is 0.272 e. The second kappa shape index (κ2) is 8.81. The van der Waals surface area contributed by atoms with E-state index < -0.39 is 0 Å². The van der Waals surface area contributed by atoms with Gasteiger partial charge in [-0.25, -0.2) is 4.98 Å². The van der Waals surface area contributed by atoms with E-state index in [0.29, 0.717) is 17.3 Å². The van der Waals surface area contributed by atoms with Crippen molar-refractivity contribution in [1.29, 1.82) is 0 Å². The lowest BCUT2D eigenvalue weighted by Crippen LogP contribution is -2.38. The minimum Gasteiger partial charge on any atom is -0.337 e. The molecule has 1 aliphatic rings. The van der Waals surface area contributed by atoms with E-state index in [1.54, 1.807) is 18.2 Å². The number of piperidine rings is 1. The van der Waals surface area contributed by atoms with Gasteiger partial charge in [0.15, 0.2) is 0 Å². The van der Waals surface area contributed by atoms with Gasteiger partial charge in [0.2, 0.25) is 0 Å². The molecule has 0 N–H and O–H groups in total. The minimum atomic E-state index is -0.0828. The Morgan fingerprint density at radius 3 is 2.29 bits per heavy atom. The van der Waals surface area contributed by atoms with E-state index >= 15 is 0 Å². The highest BCUT2D eigenvalue weighted by Crippen LogP contribution is 2.18. The van der Waals surface area contributed by atoms with Crippen LogP contribution in [0.15, 0.2) is 18.2 Å². The molecule has 5 nitrogen and oxygen atoms in total. The van der Waals surface area contributed by atoms with Gasteiger partial charge in [-0.05, 0) is 43.7 Å². The fourth-order valence-electron chi connectivity index (χ4n) is 3.06. The standard InChI is InChI=1S/C19H29N3O2/c1-4-11-21(12-5-2)18(23)16-7-6-8-17(20-16)19(24)22-13-9-15(3)10-14-22/h6-8,15H,4-5,9-14H2,1-3H3. The summed E-state index contributed by atoms with van der Waals surface area (Å²) in [5.74, 6) is 0.529. The molecule has 0 radical (unpaired) electrons. The van der Waals surface area contributed by atoms with Crippen LogP contribution in [0.1, 0.15) is 67.4 Å². The Kier molecular flexibility index (Phi) is 6.76. The molecular formula is C19H29N3O2. The van der Waals surface area contributed by atoms with Gasteiger partial charge in [0.05, 0.1) is 0 Å². The number of pyridine rings is 1. The highest BCUT2D eigenvalue weighted by molar-refractivity contribution is 5.96. The van der Waals surface area contributed by atoms with Crippen molar-refractivity contribution in [2.45, 2.75) is 46.5 Å². The van der Waals surface area contributed by atoms with E-state index in [-0.39, 0.29) is 11.8 Å². The average molecular weight is 331 g/mol. The molecule has 1 saturated heterocycles. The first-order chi connectivity index (χ1) is 11.6. The maximum Gasteiger partial charge on any atom is 0.272 e. The first-order valence-electron chi connectivity index (χ1n) is 9.12. The molecule has 24 heavy (non-hydrogen) atoms. The van der Waals surface area contributed by atoms with Crippen LogP contribution in [0, 0.1) is 5.92 Å². The number of carbonyl (C=O) groups is 2. The number of aromatic nitrogens is 1. The van der Waals surface area contributed by atoms with Gasteiger partial charge in [0, 0.05) is 26.2 Å². The molecule has 5 heteroatoms. The summed E-state index contributed by atoms with van der Waals surface area (Å²) in [5.41, 5.74) is 0.747. The molecule has 2 amide bonds. The van der Waals surface area contributed by atoms with Crippen LogP contribution in [-0.4, -0.2) is 52.8 Å². The second-order valence-corrected chi connectivity index (χ2v) is 6.67. The van der Waals surface area contributed by atoms with E-state index in [0.717, 1.165) is 51.9 Å². The van der Waals surface area contributed by atoms with Gasteiger partial charge in [-0.1, -0.05) is 26.8 Å². The van der Waals surface area contributed by atoms with Crippen molar-refractivity contribution in [3.63, 3.8) is 0 Å². The topological polar surface area (TPSA) is 53.5 Å². The van der Waals surface area contributed by atoms with Crippen LogP contribution in [0.3, 0.4) is 0 Å². The van der Waals surface area contributed by atoms with Crippen molar-refractivity contribution in [3.05, 3.63) is 29.6 Å².